The van der Waals surface area contributed by atoms with Gasteiger partial charge in [-0.3, -0.25) is 9.78 Å². The zero-order chi connectivity index (χ0) is 27.5. The van der Waals surface area contributed by atoms with E-state index in [1.165, 1.54) is 0 Å². The lowest BCUT2D eigenvalue weighted by molar-refractivity contribution is -0.124. The van der Waals surface area contributed by atoms with E-state index in [1.54, 1.807) is 0 Å². The summed E-state index contributed by atoms with van der Waals surface area (Å²) in [4.78, 5) is 18.2. The van der Waals surface area contributed by atoms with Crippen molar-refractivity contribution in [2.75, 3.05) is 6.61 Å². The van der Waals surface area contributed by atoms with Crippen molar-refractivity contribution in [2.24, 2.45) is 5.92 Å². The van der Waals surface area contributed by atoms with Crippen LogP contribution < -0.4 is 5.32 Å². The lowest BCUT2D eigenvalue weighted by atomic mass is 9.83. The van der Waals surface area contributed by atoms with E-state index in [-0.39, 0.29) is 25.0 Å². The molecule has 2 aromatic heterocycles. The predicted molar refractivity (Wildman–Crippen MR) is 158 cm³/mol. The third-order valence-corrected chi connectivity index (χ3v) is 8.41. The van der Waals surface area contributed by atoms with Crippen molar-refractivity contribution in [1.29, 1.82) is 0 Å². The molecule has 0 saturated heterocycles. The van der Waals surface area contributed by atoms with E-state index in [4.69, 9.17) is 0 Å². The number of nitrogens with zero attached hydrogens (tertiary/aromatic N) is 2. The fourth-order valence-corrected chi connectivity index (χ4v) is 6.37. The number of nitrogens with one attached hydrogen (secondary N) is 1. The summed E-state index contributed by atoms with van der Waals surface area (Å²) in [6, 6.07) is 28.0. The summed E-state index contributed by atoms with van der Waals surface area (Å²) in [5, 5.41) is 25.0. The molecule has 3 aromatic carbocycles. The Balaban J connectivity index is 1.28. The first-order valence-electron chi connectivity index (χ1n) is 14.2. The zero-order valence-corrected chi connectivity index (χ0v) is 22.5. The second kappa shape index (κ2) is 11.6. The van der Waals surface area contributed by atoms with Crippen molar-refractivity contribution >= 4 is 27.7 Å². The SMILES string of the molecule is O=C(N[C@@H](CO)c1ccccc1)C(c1ccc(Cn2c3ccccc3c3cc(CO)ncc32)cc1)C1CCCC1. The van der Waals surface area contributed by atoms with Gasteiger partial charge >= 0.3 is 0 Å². The zero-order valence-electron chi connectivity index (χ0n) is 22.5. The van der Waals surface area contributed by atoms with Gasteiger partial charge < -0.3 is 20.1 Å². The minimum Gasteiger partial charge on any atom is -0.394 e. The summed E-state index contributed by atoms with van der Waals surface area (Å²) in [5.74, 6) is 0.0319. The number of hydrogen-bond donors (Lipinski definition) is 3. The van der Waals surface area contributed by atoms with Gasteiger partial charge in [0.2, 0.25) is 5.91 Å². The predicted octanol–water partition coefficient (Wildman–Crippen LogP) is 5.85. The lowest BCUT2D eigenvalue weighted by Gasteiger charge is -2.26. The minimum absolute atomic E-state index is 0.0179. The van der Waals surface area contributed by atoms with E-state index >= 15 is 0 Å². The Morgan fingerprint density at radius 1 is 0.875 bits per heavy atom. The number of aliphatic hydroxyl groups excluding tert-OH is 2. The van der Waals surface area contributed by atoms with Crippen LogP contribution in [0.4, 0.5) is 0 Å². The molecule has 6 heteroatoms. The number of carbonyl (C=O) groups is 1. The number of aliphatic hydroxyl groups is 2. The highest BCUT2D eigenvalue weighted by Gasteiger charge is 2.33. The highest BCUT2D eigenvalue weighted by atomic mass is 16.3. The molecule has 6 rings (SSSR count). The van der Waals surface area contributed by atoms with Crippen LogP contribution in [0.5, 0.6) is 0 Å². The van der Waals surface area contributed by atoms with Gasteiger partial charge in [0.15, 0.2) is 0 Å². The first-order valence-corrected chi connectivity index (χ1v) is 14.2. The van der Waals surface area contributed by atoms with Gasteiger partial charge in [0.1, 0.15) is 0 Å². The third-order valence-electron chi connectivity index (χ3n) is 8.41. The average molecular weight is 534 g/mol. The van der Waals surface area contributed by atoms with Crippen LogP contribution in [0.2, 0.25) is 0 Å². The lowest BCUT2D eigenvalue weighted by Crippen LogP contribution is -2.37. The standard InChI is InChI=1S/C34H35N3O3/c38-21-27-18-29-28-12-6-7-13-31(28)37(32(29)19-35-27)20-23-14-16-26(17-15-23)33(25-10-4-5-11-25)34(40)36-30(22-39)24-8-2-1-3-9-24/h1-3,6-9,12-19,25,30,33,38-39H,4-5,10-11,20-22H2,(H,36,40)/t30-,33?/m0/s1. The number of rotatable bonds is 9. The molecule has 5 aromatic rings. The second-order valence-electron chi connectivity index (χ2n) is 10.9. The van der Waals surface area contributed by atoms with Crippen molar-refractivity contribution in [1.82, 2.24) is 14.9 Å². The smallest absolute Gasteiger partial charge is 0.228 e. The molecule has 2 heterocycles. The van der Waals surface area contributed by atoms with Crippen LogP contribution in [0, 0.1) is 5.92 Å². The highest BCUT2D eigenvalue weighted by molar-refractivity contribution is 6.07. The molecular formula is C34H35N3O3. The van der Waals surface area contributed by atoms with E-state index < -0.39 is 6.04 Å². The molecule has 2 atom stereocenters. The number of carbonyl (C=O) groups excluding carboxylic acids is 1. The number of para-hydroxylation sites is 1. The van der Waals surface area contributed by atoms with E-state index in [1.807, 2.05) is 54.7 Å². The van der Waals surface area contributed by atoms with Gasteiger partial charge in [-0.2, -0.15) is 0 Å². The molecule has 1 unspecified atom stereocenters. The van der Waals surface area contributed by atoms with Crippen molar-refractivity contribution in [3.63, 3.8) is 0 Å². The molecule has 0 spiro atoms. The van der Waals surface area contributed by atoms with E-state index in [9.17, 15) is 15.0 Å². The summed E-state index contributed by atoms with van der Waals surface area (Å²) >= 11 is 0. The Hall–Kier alpha value is -4.00. The van der Waals surface area contributed by atoms with E-state index in [0.29, 0.717) is 18.2 Å². The molecule has 6 nitrogen and oxygen atoms in total. The maximum atomic E-state index is 13.7. The summed E-state index contributed by atoms with van der Waals surface area (Å²) in [5.41, 5.74) is 5.88. The molecule has 1 aliphatic carbocycles. The first-order chi connectivity index (χ1) is 19.7. The van der Waals surface area contributed by atoms with Gasteiger partial charge in [0.05, 0.1) is 42.6 Å². The Bertz CT molecular complexity index is 1600. The van der Waals surface area contributed by atoms with Crippen molar-refractivity contribution in [3.8, 4) is 0 Å². The summed E-state index contributed by atoms with van der Waals surface area (Å²) in [6.07, 6.45) is 6.22. The maximum Gasteiger partial charge on any atom is 0.228 e. The number of fused-ring (bicyclic) bond motifs is 3. The number of hydrogen-bond acceptors (Lipinski definition) is 4. The van der Waals surface area contributed by atoms with Crippen LogP contribution >= 0.6 is 0 Å². The van der Waals surface area contributed by atoms with Gasteiger partial charge in [-0.25, -0.2) is 0 Å². The van der Waals surface area contributed by atoms with Crippen LogP contribution in [0.15, 0.2) is 91.1 Å². The molecule has 1 fully saturated rings. The van der Waals surface area contributed by atoms with E-state index in [2.05, 4.69) is 51.3 Å². The Morgan fingerprint density at radius 3 is 2.33 bits per heavy atom. The van der Waals surface area contributed by atoms with Gasteiger partial charge in [-0.05, 0) is 47.6 Å². The number of aromatic nitrogens is 2. The Kier molecular flexibility index (Phi) is 7.62. The van der Waals surface area contributed by atoms with Gasteiger partial charge in [-0.1, -0.05) is 85.6 Å². The van der Waals surface area contributed by atoms with Crippen LogP contribution in [0.3, 0.4) is 0 Å². The fourth-order valence-electron chi connectivity index (χ4n) is 6.37. The Labute approximate surface area is 234 Å². The third kappa shape index (κ3) is 5.12. The first kappa shape index (κ1) is 26.2. The average Bonchev–Trinajstić information content (AvgIpc) is 3.64. The van der Waals surface area contributed by atoms with E-state index in [0.717, 1.165) is 64.2 Å². The van der Waals surface area contributed by atoms with Gasteiger partial charge in [0.25, 0.3) is 0 Å². The molecule has 1 amide bonds. The van der Waals surface area contributed by atoms with Gasteiger partial charge in [-0.15, -0.1) is 0 Å². The molecule has 40 heavy (non-hydrogen) atoms. The summed E-state index contributed by atoms with van der Waals surface area (Å²) in [7, 11) is 0. The molecule has 0 bridgehead atoms. The van der Waals surface area contributed by atoms with Crippen LogP contribution in [0.25, 0.3) is 21.8 Å². The molecule has 1 saturated carbocycles. The second-order valence-corrected chi connectivity index (χ2v) is 10.9. The normalized spacial score (nSPS) is 15.4. The van der Waals surface area contributed by atoms with Crippen molar-refractivity contribution in [2.45, 2.75) is 50.8 Å². The fraction of sp³-hybridized carbons (Fsp3) is 0.294. The van der Waals surface area contributed by atoms with Crippen LogP contribution in [0.1, 0.15) is 60.0 Å². The highest BCUT2D eigenvalue weighted by Crippen LogP contribution is 2.38. The molecule has 1 aliphatic rings. The number of benzene rings is 3. The van der Waals surface area contributed by atoms with Crippen molar-refractivity contribution in [3.05, 3.63) is 114 Å². The molecule has 3 N–H and O–H groups in total. The molecule has 0 aliphatic heterocycles. The number of amides is 1. The van der Waals surface area contributed by atoms with Crippen LogP contribution in [-0.4, -0.2) is 32.3 Å². The largest absolute Gasteiger partial charge is 0.394 e. The summed E-state index contributed by atoms with van der Waals surface area (Å²) in [6.45, 7) is 0.446. The maximum absolute atomic E-state index is 13.7. The monoisotopic (exact) mass is 533 g/mol. The quantitative estimate of drug-likeness (QED) is 0.222. The molecule has 204 valence electrons. The Morgan fingerprint density at radius 2 is 1.60 bits per heavy atom. The minimum atomic E-state index is -0.424. The topological polar surface area (TPSA) is 87.4 Å². The number of pyridine rings is 1. The van der Waals surface area contributed by atoms with Crippen LogP contribution in [-0.2, 0) is 17.9 Å². The molecule has 0 radical (unpaired) electrons. The molecular weight excluding hydrogens is 498 g/mol. The van der Waals surface area contributed by atoms with Crippen molar-refractivity contribution < 1.29 is 15.0 Å². The van der Waals surface area contributed by atoms with Gasteiger partial charge in [0, 0.05) is 22.8 Å². The summed E-state index contributed by atoms with van der Waals surface area (Å²) < 4.78 is 2.26.